The number of rotatable bonds is 5. The summed E-state index contributed by atoms with van der Waals surface area (Å²) in [6, 6.07) is 20.6. The van der Waals surface area contributed by atoms with Gasteiger partial charge in [0.2, 0.25) is 17.7 Å². The van der Waals surface area contributed by atoms with Gasteiger partial charge in [-0.15, -0.1) is 0 Å². The van der Waals surface area contributed by atoms with Crippen LogP contribution in [0.15, 0.2) is 101 Å². The molecule has 45 heavy (non-hydrogen) atoms. The molecule has 3 aromatic carbocycles. The molecular formula is C32H21F3N4O4S2. The number of carbonyl (C=O) groups excluding carboxylic acids is 3. The maximum absolute atomic E-state index is 13.9. The van der Waals surface area contributed by atoms with E-state index >= 15 is 0 Å². The smallest absolute Gasteiger partial charge is 0.325 e. The van der Waals surface area contributed by atoms with Gasteiger partial charge in [-0.25, -0.2) is 4.90 Å². The summed E-state index contributed by atoms with van der Waals surface area (Å²) in [6.07, 6.45) is -1.59. The fourth-order valence-electron chi connectivity index (χ4n) is 5.86. The van der Waals surface area contributed by atoms with Gasteiger partial charge in [0.15, 0.2) is 0 Å². The first-order chi connectivity index (χ1) is 21.6. The molecule has 0 bridgehead atoms. The van der Waals surface area contributed by atoms with Gasteiger partial charge in [-0.1, -0.05) is 65.6 Å². The van der Waals surface area contributed by atoms with Crippen LogP contribution in [0.25, 0.3) is 10.8 Å². The molecule has 0 saturated carbocycles. The lowest BCUT2D eigenvalue weighted by Crippen LogP contribution is -2.33. The highest BCUT2D eigenvalue weighted by Gasteiger charge is 2.57. The molecule has 4 heterocycles. The van der Waals surface area contributed by atoms with Crippen LogP contribution in [0.1, 0.15) is 21.9 Å². The number of thioether (sulfide) groups is 1. The highest BCUT2D eigenvalue weighted by atomic mass is 32.2. The first-order valence-electron chi connectivity index (χ1n) is 13.7. The van der Waals surface area contributed by atoms with E-state index in [1.165, 1.54) is 16.8 Å². The third kappa shape index (κ3) is 5.11. The third-order valence-electron chi connectivity index (χ3n) is 7.86. The number of alkyl halides is 3. The molecule has 13 heteroatoms. The highest BCUT2D eigenvalue weighted by molar-refractivity contribution is 8.00. The second-order valence-corrected chi connectivity index (χ2v) is 12.7. The second kappa shape index (κ2) is 11.0. The highest BCUT2D eigenvalue weighted by Crippen LogP contribution is 2.54. The van der Waals surface area contributed by atoms with Gasteiger partial charge in [-0.05, 0) is 52.7 Å². The van der Waals surface area contributed by atoms with Gasteiger partial charge in [0.25, 0.3) is 0 Å². The zero-order chi connectivity index (χ0) is 31.5. The first kappa shape index (κ1) is 29.0. The standard InChI is InChI=1S/C32H21F3N4O4S2/c33-32(34,35)20-8-3-9-22(14-20)39-28(41)25-24(19-7-4-12-36-15-19)27-30(44-26(25)29(39)42)38(31(43)45-27)16-23(40)37-21-11-10-17-5-1-2-6-18(17)13-21/h1-15,24-26H,16H2,(H,37,40)/t24-,25?,26?/m1/s1. The minimum atomic E-state index is -4.67. The number of aromatic nitrogens is 2. The van der Waals surface area contributed by atoms with Crippen molar-refractivity contribution in [2.75, 3.05) is 10.2 Å². The van der Waals surface area contributed by atoms with E-state index in [1.54, 1.807) is 24.4 Å². The Labute approximate surface area is 261 Å². The summed E-state index contributed by atoms with van der Waals surface area (Å²) in [4.78, 5) is 59.3. The van der Waals surface area contributed by atoms with E-state index in [9.17, 15) is 32.3 Å². The van der Waals surface area contributed by atoms with Crippen LogP contribution in [0.3, 0.4) is 0 Å². The normalized spacial score (nSPS) is 19.4. The van der Waals surface area contributed by atoms with Crippen LogP contribution < -0.4 is 15.1 Å². The molecule has 2 aromatic heterocycles. The van der Waals surface area contributed by atoms with Crippen molar-refractivity contribution in [2.45, 2.75) is 28.9 Å². The lowest BCUT2D eigenvalue weighted by Gasteiger charge is -2.30. The van der Waals surface area contributed by atoms with Crippen molar-refractivity contribution >= 4 is 63.0 Å². The number of hydrogen-bond acceptors (Lipinski definition) is 7. The average Bonchev–Trinajstić information content (AvgIpc) is 3.47. The molecule has 0 radical (unpaired) electrons. The Morgan fingerprint density at radius 2 is 1.71 bits per heavy atom. The van der Waals surface area contributed by atoms with Crippen LogP contribution in [-0.2, 0) is 27.1 Å². The molecule has 2 aliphatic rings. The Bertz CT molecular complexity index is 2060. The lowest BCUT2D eigenvalue weighted by molar-refractivity contribution is -0.137. The van der Waals surface area contributed by atoms with Crippen molar-refractivity contribution in [1.29, 1.82) is 0 Å². The summed E-state index contributed by atoms with van der Waals surface area (Å²) in [6.45, 7) is -0.346. The number of imide groups is 1. The summed E-state index contributed by atoms with van der Waals surface area (Å²) in [7, 11) is 0. The number of hydrogen-bond donors (Lipinski definition) is 1. The third-order valence-corrected chi connectivity index (χ3v) is 10.5. The number of amides is 3. The summed E-state index contributed by atoms with van der Waals surface area (Å²) in [5, 5.41) is 4.06. The van der Waals surface area contributed by atoms with Crippen molar-refractivity contribution < 1.29 is 27.6 Å². The molecule has 0 aliphatic carbocycles. The van der Waals surface area contributed by atoms with Gasteiger partial charge in [-0.2, -0.15) is 13.2 Å². The number of fused-ring (bicyclic) bond motifs is 3. The van der Waals surface area contributed by atoms with Gasteiger partial charge in [0.1, 0.15) is 11.8 Å². The van der Waals surface area contributed by atoms with E-state index in [4.69, 9.17) is 0 Å². The van der Waals surface area contributed by atoms with E-state index < -0.39 is 51.4 Å². The Morgan fingerprint density at radius 1 is 0.911 bits per heavy atom. The molecule has 1 N–H and O–H groups in total. The minimum Gasteiger partial charge on any atom is -0.325 e. The van der Waals surface area contributed by atoms with Crippen molar-refractivity contribution in [1.82, 2.24) is 9.55 Å². The zero-order valence-electron chi connectivity index (χ0n) is 23.0. The number of pyridine rings is 1. The van der Waals surface area contributed by atoms with E-state index in [-0.39, 0.29) is 12.2 Å². The molecule has 7 rings (SSSR count). The van der Waals surface area contributed by atoms with E-state index in [0.717, 1.165) is 57.0 Å². The maximum atomic E-state index is 13.9. The van der Waals surface area contributed by atoms with Gasteiger partial charge >= 0.3 is 11.0 Å². The number of benzene rings is 3. The van der Waals surface area contributed by atoms with E-state index in [2.05, 4.69) is 10.3 Å². The predicted octanol–water partition coefficient (Wildman–Crippen LogP) is 5.91. The molecule has 3 amide bonds. The van der Waals surface area contributed by atoms with Crippen molar-refractivity contribution in [3.63, 3.8) is 0 Å². The molecular weight excluding hydrogens is 626 g/mol. The van der Waals surface area contributed by atoms with E-state index in [1.807, 2.05) is 36.4 Å². The van der Waals surface area contributed by atoms with Crippen LogP contribution in [-0.4, -0.2) is 32.5 Å². The minimum absolute atomic E-state index is 0.185. The number of carbonyl (C=O) groups is 3. The zero-order valence-corrected chi connectivity index (χ0v) is 24.7. The molecule has 1 saturated heterocycles. The molecule has 226 valence electrons. The monoisotopic (exact) mass is 646 g/mol. The Kier molecular flexibility index (Phi) is 7.09. The number of anilines is 2. The summed E-state index contributed by atoms with van der Waals surface area (Å²) in [5.41, 5.74) is -0.0622. The largest absolute Gasteiger partial charge is 0.416 e. The van der Waals surface area contributed by atoms with E-state index in [0.29, 0.717) is 21.2 Å². The summed E-state index contributed by atoms with van der Waals surface area (Å²) >= 11 is 1.86. The molecule has 2 aliphatic heterocycles. The van der Waals surface area contributed by atoms with Gasteiger partial charge < -0.3 is 5.32 Å². The second-order valence-electron chi connectivity index (χ2n) is 10.6. The number of thiazole rings is 1. The summed E-state index contributed by atoms with van der Waals surface area (Å²) < 4.78 is 41.8. The molecule has 5 aromatic rings. The van der Waals surface area contributed by atoms with Crippen LogP contribution >= 0.6 is 23.1 Å². The Hall–Kier alpha value is -4.75. The molecule has 3 atom stereocenters. The van der Waals surface area contributed by atoms with Gasteiger partial charge in [0, 0.05) is 28.9 Å². The van der Waals surface area contributed by atoms with Crippen LogP contribution in [0.2, 0.25) is 0 Å². The molecule has 2 unspecified atom stereocenters. The van der Waals surface area contributed by atoms with Crippen molar-refractivity contribution in [3.05, 3.63) is 117 Å². The van der Waals surface area contributed by atoms with Crippen LogP contribution in [0, 0.1) is 5.92 Å². The number of nitrogens with one attached hydrogen (secondary N) is 1. The Balaban J connectivity index is 1.25. The predicted molar refractivity (Wildman–Crippen MR) is 164 cm³/mol. The van der Waals surface area contributed by atoms with Crippen LogP contribution in [0.5, 0.6) is 0 Å². The molecule has 0 spiro atoms. The fourth-order valence-corrected chi connectivity index (χ4v) is 8.63. The lowest BCUT2D eigenvalue weighted by atomic mass is 9.84. The average molecular weight is 647 g/mol. The fraction of sp³-hybridized carbons (Fsp3) is 0.156. The Morgan fingerprint density at radius 3 is 2.47 bits per heavy atom. The van der Waals surface area contributed by atoms with Crippen molar-refractivity contribution in [3.8, 4) is 0 Å². The van der Waals surface area contributed by atoms with Gasteiger partial charge in [0.05, 0.1) is 22.2 Å². The van der Waals surface area contributed by atoms with Crippen LogP contribution in [0.4, 0.5) is 24.5 Å². The summed E-state index contributed by atoms with van der Waals surface area (Å²) in [5.74, 6) is -3.62. The SMILES string of the molecule is O=C(Cn1c2c(sc1=O)[C@H](c1cccnc1)C1C(=O)N(c3cccc(C(F)(F)F)c3)C(=O)C1S2)Nc1ccc2ccccc2c1. The quantitative estimate of drug-likeness (QED) is 0.238. The maximum Gasteiger partial charge on any atom is 0.416 e. The first-order valence-corrected chi connectivity index (χ1v) is 15.4. The van der Waals surface area contributed by atoms with Gasteiger partial charge in [-0.3, -0.25) is 28.7 Å². The topological polar surface area (TPSA) is 101 Å². The molecule has 8 nitrogen and oxygen atoms in total. The molecule has 1 fully saturated rings. The van der Waals surface area contributed by atoms with Crippen molar-refractivity contribution in [2.24, 2.45) is 5.92 Å². The number of halogens is 3. The number of nitrogens with zero attached hydrogens (tertiary/aromatic N) is 3.